The summed E-state index contributed by atoms with van der Waals surface area (Å²) in [7, 11) is 0. The number of carbonyl (C=O) groups is 1. The Hall–Kier alpha value is -2.47. The molecule has 0 atom stereocenters. The molecule has 2 aromatic heterocycles. The van der Waals surface area contributed by atoms with Gasteiger partial charge >= 0.3 is 5.97 Å². The molecule has 124 valence electrons. The average molecular weight is 342 g/mol. The standard InChI is InChI=1S/C18H18N2O3S/c1-3-23-16(21)9-10-20-12(2)19-17-14(18(20)22)11-15(24-17)13-7-5-4-6-8-13/h4-8,11H,3,9-10H2,1-2H3. The highest BCUT2D eigenvalue weighted by molar-refractivity contribution is 7.21. The third-order valence-electron chi connectivity index (χ3n) is 3.75. The van der Waals surface area contributed by atoms with Crippen LogP contribution in [0.2, 0.25) is 0 Å². The highest BCUT2D eigenvalue weighted by Gasteiger charge is 2.14. The van der Waals surface area contributed by atoms with Crippen molar-refractivity contribution >= 4 is 27.5 Å². The van der Waals surface area contributed by atoms with E-state index in [9.17, 15) is 9.59 Å². The van der Waals surface area contributed by atoms with Crippen LogP contribution in [-0.4, -0.2) is 22.1 Å². The molecule has 1 aromatic carbocycles. The number of aromatic nitrogens is 2. The lowest BCUT2D eigenvalue weighted by molar-refractivity contribution is -0.143. The number of hydrogen-bond donors (Lipinski definition) is 0. The number of nitrogens with zero attached hydrogens (tertiary/aromatic N) is 2. The maximum atomic E-state index is 12.7. The van der Waals surface area contributed by atoms with Gasteiger partial charge in [0, 0.05) is 11.4 Å². The first-order valence-corrected chi connectivity index (χ1v) is 8.64. The predicted octanol–water partition coefficient (Wildman–Crippen LogP) is 3.39. The molecular formula is C18H18N2O3S. The summed E-state index contributed by atoms with van der Waals surface area (Å²) in [6.45, 7) is 4.17. The number of benzene rings is 1. The summed E-state index contributed by atoms with van der Waals surface area (Å²) in [5.74, 6) is 0.303. The zero-order valence-electron chi connectivity index (χ0n) is 13.6. The first-order chi connectivity index (χ1) is 11.6. The van der Waals surface area contributed by atoms with E-state index >= 15 is 0 Å². The van der Waals surface area contributed by atoms with Gasteiger partial charge in [0.1, 0.15) is 10.7 Å². The van der Waals surface area contributed by atoms with Crippen LogP contribution in [-0.2, 0) is 16.1 Å². The lowest BCUT2D eigenvalue weighted by atomic mass is 10.2. The fourth-order valence-corrected chi connectivity index (χ4v) is 3.63. The van der Waals surface area contributed by atoms with Gasteiger partial charge in [0.05, 0.1) is 18.4 Å². The van der Waals surface area contributed by atoms with Gasteiger partial charge in [-0.15, -0.1) is 11.3 Å². The molecule has 0 bridgehead atoms. The van der Waals surface area contributed by atoms with Crippen molar-refractivity contribution in [2.45, 2.75) is 26.8 Å². The van der Waals surface area contributed by atoms with Gasteiger partial charge in [0.2, 0.25) is 0 Å². The van der Waals surface area contributed by atoms with Crippen LogP contribution in [0.3, 0.4) is 0 Å². The first-order valence-electron chi connectivity index (χ1n) is 7.82. The zero-order chi connectivity index (χ0) is 17.1. The number of carbonyl (C=O) groups excluding carboxylic acids is 1. The summed E-state index contributed by atoms with van der Waals surface area (Å²) in [5, 5.41) is 0.591. The second-order valence-corrected chi connectivity index (χ2v) is 6.40. The van der Waals surface area contributed by atoms with E-state index in [0.29, 0.717) is 17.8 Å². The molecule has 0 radical (unpaired) electrons. The minimum absolute atomic E-state index is 0.111. The Kier molecular flexibility index (Phi) is 4.76. The molecule has 2 heterocycles. The van der Waals surface area contributed by atoms with Gasteiger partial charge in [0.15, 0.2) is 0 Å². The Morgan fingerprint density at radius 2 is 2.04 bits per heavy atom. The van der Waals surface area contributed by atoms with Crippen molar-refractivity contribution in [2.24, 2.45) is 0 Å². The van der Waals surface area contributed by atoms with Crippen LogP contribution >= 0.6 is 11.3 Å². The van der Waals surface area contributed by atoms with Gasteiger partial charge < -0.3 is 4.74 Å². The normalized spacial score (nSPS) is 10.9. The molecule has 0 aliphatic rings. The molecule has 0 N–H and O–H groups in total. The summed E-state index contributed by atoms with van der Waals surface area (Å²) < 4.78 is 6.46. The van der Waals surface area contributed by atoms with E-state index in [0.717, 1.165) is 15.3 Å². The number of ether oxygens (including phenoxy) is 1. The molecular weight excluding hydrogens is 324 g/mol. The number of fused-ring (bicyclic) bond motifs is 1. The van der Waals surface area contributed by atoms with Crippen LogP contribution in [0.15, 0.2) is 41.2 Å². The van der Waals surface area contributed by atoms with Crippen LogP contribution < -0.4 is 5.56 Å². The van der Waals surface area contributed by atoms with Crippen LogP contribution in [0.4, 0.5) is 0 Å². The molecule has 24 heavy (non-hydrogen) atoms. The molecule has 0 saturated heterocycles. The van der Waals surface area contributed by atoms with Gasteiger partial charge in [-0.3, -0.25) is 14.2 Å². The van der Waals surface area contributed by atoms with E-state index in [1.165, 1.54) is 11.3 Å². The van der Waals surface area contributed by atoms with E-state index in [4.69, 9.17) is 4.74 Å². The van der Waals surface area contributed by atoms with E-state index in [1.807, 2.05) is 36.4 Å². The Labute approximate surface area is 143 Å². The summed E-state index contributed by atoms with van der Waals surface area (Å²) >= 11 is 1.50. The first kappa shape index (κ1) is 16.4. The summed E-state index contributed by atoms with van der Waals surface area (Å²) in [5.41, 5.74) is 0.954. The molecule has 0 amide bonds. The van der Waals surface area contributed by atoms with Crippen LogP contribution in [0.25, 0.3) is 20.7 Å². The van der Waals surface area contributed by atoms with Crippen LogP contribution in [0.5, 0.6) is 0 Å². The summed E-state index contributed by atoms with van der Waals surface area (Å²) in [6, 6.07) is 11.8. The maximum absolute atomic E-state index is 12.7. The van der Waals surface area contributed by atoms with E-state index in [2.05, 4.69) is 4.98 Å². The van der Waals surface area contributed by atoms with Crippen molar-refractivity contribution in [1.82, 2.24) is 9.55 Å². The monoisotopic (exact) mass is 342 g/mol. The Morgan fingerprint density at radius 3 is 2.75 bits per heavy atom. The van der Waals surface area contributed by atoms with Gasteiger partial charge in [-0.25, -0.2) is 4.98 Å². The molecule has 5 nitrogen and oxygen atoms in total. The topological polar surface area (TPSA) is 61.2 Å². The van der Waals surface area contributed by atoms with E-state index in [1.54, 1.807) is 18.4 Å². The third-order valence-corrected chi connectivity index (χ3v) is 4.82. The zero-order valence-corrected chi connectivity index (χ0v) is 14.4. The Morgan fingerprint density at radius 1 is 1.29 bits per heavy atom. The lowest BCUT2D eigenvalue weighted by Gasteiger charge is -2.08. The molecule has 3 rings (SSSR count). The third kappa shape index (κ3) is 3.23. The molecule has 0 saturated carbocycles. The fourth-order valence-electron chi connectivity index (χ4n) is 2.56. The van der Waals surface area contributed by atoms with Crippen molar-refractivity contribution in [2.75, 3.05) is 6.61 Å². The smallest absolute Gasteiger partial charge is 0.307 e. The number of aryl methyl sites for hydroxylation is 1. The number of rotatable bonds is 5. The average Bonchev–Trinajstić information content (AvgIpc) is 3.00. The van der Waals surface area contributed by atoms with Crippen molar-refractivity contribution in [1.29, 1.82) is 0 Å². The second kappa shape index (κ2) is 6.97. The van der Waals surface area contributed by atoms with Gasteiger partial charge in [0.25, 0.3) is 5.56 Å². The summed E-state index contributed by atoms with van der Waals surface area (Å²) in [6.07, 6.45) is 0.164. The fraction of sp³-hybridized carbons (Fsp3) is 0.278. The molecule has 6 heteroatoms. The van der Waals surface area contributed by atoms with Crippen molar-refractivity contribution in [3.63, 3.8) is 0 Å². The Bertz CT molecular complexity index is 929. The van der Waals surface area contributed by atoms with Crippen LogP contribution in [0, 0.1) is 6.92 Å². The summed E-state index contributed by atoms with van der Waals surface area (Å²) in [4.78, 5) is 30.6. The molecule has 3 aromatic rings. The SMILES string of the molecule is CCOC(=O)CCn1c(C)nc2sc(-c3ccccc3)cc2c1=O. The van der Waals surface area contributed by atoms with Crippen LogP contribution in [0.1, 0.15) is 19.2 Å². The van der Waals surface area contributed by atoms with Gasteiger partial charge in [-0.1, -0.05) is 30.3 Å². The van der Waals surface area contributed by atoms with Gasteiger partial charge in [-0.05, 0) is 25.5 Å². The largest absolute Gasteiger partial charge is 0.466 e. The molecule has 0 aliphatic heterocycles. The minimum atomic E-state index is -0.306. The number of esters is 1. The quantitative estimate of drug-likeness (QED) is 0.667. The van der Waals surface area contributed by atoms with Crippen molar-refractivity contribution in [3.8, 4) is 10.4 Å². The van der Waals surface area contributed by atoms with Crippen molar-refractivity contribution in [3.05, 3.63) is 52.6 Å². The highest BCUT2D eigenvalue weighted by Crippen LogP contribution is 2.30. The number of thiophene rings is 1. The van der Waals surface area contributed by atoms with E-state index < -0.39 is 0 Å². The minimum Gasteiger partial charge on any atom is -0.466 e. The predicted molar refractivity (Wildman–Crippen MR) is 95.3 cm³/mol. The number of hydrogen-bond acceptors (Lipinski definition) is 5. The lowest BCUT2D eigenvalue weighted by Crippen LogP contribution is -2.25. The molecule has 0 fully saturated rings. The highest BCUT2D eigenvalue weighted by atomic mass is 32.1. The molecule has 0 unspecified atom stereocenters. The molecule has 0 spiro atoms. The van der Waals surface area contributed by atoms with Gasteiger partial charge in [-0.2, -0.15) is 0 Å². The molecule has 0 aliphatic carbocycles. The van der Waals surface area contributed by atoms with Crippen molar-refractivity contribution < 1.29 is 9.53 Å². The maximum Gasteiger partial charge on any atom is 0.307 e. The van der Waals surface area contributed by atoms with E-state index in [-0.39, 0.29) is 24.5 Å². The second-order valence-electron chi connectivity index (χ2n) is 5.37. The Balaban J connectivity index is 1.98.